The molecule has 6 nitrogen and oxygen atoms in total. The van der Waals surface area contributed by atoms with Crippen molar-refractivity contribution in [1.29, 1.82) is 5.26 Å². The highest BCUT2D eigenvalue weighted by molar-refractivity contribution is 6.00. The molecule has 6 rings (SSSR count). The zero-order chi connectivity index (χ0) is 21.7. The second-order valence-corrected chi connectivity index (χ2v) is 9.34. The Morgan fingerprint density at radius 2 is 1.88 bits per heavy atom. The van der Waals surface area contributed by atoms with E-state index in [1.54, 1.807) is 6.07 Å². The van der Waals surface area contributed by atoms with E-state index in [1.165, 1.54) is 25.7 Å². The third-order valence-corrected chi connectivity index (χ3v) is 7.08. The van der Waals surface area contributed by atoms with Gasteiger partial charge in [0.1, 0.15) is 11.8 Å². The standard InChI is InChI=1S/C26H25N5O/c27-12-21-7-10-23(20-13-28-30(15-20)14-17-3-1-2-4-17)25(29-21)18-5-6-19-16-31(22-8-9-22)26(32)24(19)11-18/h5-7,10-11,13,15,17,22H,1-4,8-9,14,16H2. The predicted molar refractivity (Wildman–Crippen MR) is 120 cm³/mol. The summed E-state index contributed by atoms with van der Waals surface area (Å²) in [7, 11) is 0. The number of benzene rings is 1. The molecule has 1 aromatic carbocycles. The molecule has 160 valence electrons. The number of pyridine rings is 1. The summed E-state index contributed by atoms with van der Waals surface area (Å²) in [5.74, 6) is 0.824. The van der Waals surface area contributed by atoms with E-state index in [1.807, 2.05) is 40.0 Å². The minimum Gasteiger partial charge on any atom is -0.331 e. The van der Waals surface area contributed by atoms with Crippen LogP contribution < -0.4 is 0 Å². The van der Waals surface area contributed by atoms with Crippen molar-refractivity contribution in [2.45, 2.75) is 57.7 Å². The molecule has 0 unspecified atom stereocenters. The molecule has 3 aliphatic rings. The molecule has 6 heteroatoms. The van der Waals surface area contributed by atoms with Gasteiger partial charge in [-0.15, -0.1) is 0 Å². The summed E-state index contributed by atoms with van der Waals surface area (Å²) in [5.41, 5.74) is 5.73. The molecular formula is C26H25N5O. The van der Waals surface area contributed by atoms with Gasteiger partial charge in [0.05, 0.1) is 11.9 Å². The quantitative estimate of drug-likeness (QED) is 0.591. The van der Waals surface area contributed by atoms with Gasteiger partial charge in [-0.05, 0) is 55.4 Å². The van der Waals surface area contributed by atoms with Crippen LogP contribution in [-0.2, 0) is 13.1 Å². The Hall–Kier alpha value is -3.46. The molecule has 2 fully saturated rings. The minimum absolute atomic E-state index is 0.117. The van der Waals surface area contributed by atoms with Crippen molar-refractivity contribution < 1.29 is 4.79 Å². The van der Waals surface area contributed by atoms with Gasteiger partial charge in [0.25, 0.3) is 5.91 Å². The molecule has 2 saturated carbocycles. The lowest BCUT2D eigenvalue weighted by atomic mass is 9.98. The van der Waals surface area contributed by atoms with Gasteiger partial charge in [0.2, 0.25) is 0 Å². The van der Waals surface area contributed by atoms with E-state index < -0.39 is 0 Å². The van der Waals surface area contributed by atoms with Crippen LogP contribution in [0.1, 0.15) is 60.1 Å². The molecule has 0 bridgehead atoms. The van der Waals surface area contributed by atoms with E-state index in [4.69, 9.17) is 0 Å². The summed E-state index contributed by atoms with van der Waals surface area (Å²) in [4.78, 5) is 19.6. The highest BCUT2D eigenvalue weighted by Gasteiger charge is 2.38. The third-order valence-electron chi connectivity index (χ3n) is 7.08. The second kappa shape index (κ2) is 7.59. The van der Waals surface area contributed by atoms with E-state index in [2.05, 4.69) is 22.3 Å². The fourth-order valence-corrected chi connectivity index (χ4v) is 5.19. The van der Waals surface area contributed by atoms with E-state index in [-0.39, 0.29) is 5.91 Å². The summed E-state index contributed by atoms with van der Waals surface area (Å²) < 4.78 is 2.03. The number of carbonyl (C=O) groups excluding carboxylic acids is 1. The molecule has 1 amide bonds. The zero-order valence-electron chi connectivity index (χ0n) is 18.0. The van der Waals surface area contributed by atoms with Crippen molar-refractivity contribution in [1.82, 2.24) is 19.7 Å². The molecule has 2 aromatic heterocycles. The maximum absolute atomic E-state index is 12.9. The molecule has 0 spiro atoms. The number of amides is 1. The highest BCUT2D eigenvalue weighted by Crippen LogP contribution is 2.38. The van der Waals surface area contributed by atoms with Crippen LogP contribution in [-0.4, -0.2) is 31.6 Å². The van der Waals surface area contributed by atoms with Crippen molar-refractivity contribution >= 4 is 5.91 Å². The Morgan fingerprint density at radius 1 is 1.03 bits per heavy atom. The normalized spacial score (nSPS) is 18.2. The van der Waals surface area contributed by atoms with Gasteiger partial charge >= 0.3 is 0 Å². The van der Waals surface area contributed by atoms with Crippen LogP contribution in [0.5, 0.6) is 0 Å². The Labute approximate surface area is 187 Å². The van der Waals surface area contributed by atoms with E-state index in [0.717, 1.165) is 52.9 Å². The molecular weight excluding hydrogens is 398 g/mol. The third kappa shape index (κ3) is 3.38. The van der Waals surface area contributed by atoms with Crippen molar-refractivity contribution in [3.63, 3.8) is 0 Å². The molecule has 2 aliphatic carbocycles. The Bertz CT molecular complexity index is 1240. The number of hydrogen-bond donors (Lipinski definition) is 0. The first-order valence-corrected chi connectivity index (χ1v) is 11.6. The molecule has 0 N–H and O–H groups in total. The Balaban J connectivity index is 1.37. The average molecular weight is 424 g/mol. The first-order valence-electron chi connectivity index (χ1n) is 11.6. The fourth-order valence-electron chi connectivity index (χ4n) is 5.19. The maximum atomic E-state index is 12.9. The van der Waals surface area contributed by atoms with Gasteiger partial charge in [-0.25, -0.2) is 4.98 Å². The maximum Gasteiger partial charge on any atom is 0.254 e. The van der Waals surface area contributed by atoms with E-state index in [9.17, 15) is 10.1 Å². The van der Waals surface area contributed by atoms with Gasteiger partial charge in [-0.2, -0.15) is 10.4 Å². The van der Waals surface area contributed by atoms with Crippen molar-refractivity contribution in [2.75, 3.05) is 0 Å². The van der Waals surface area contributed by atoms with Crippen LogP contribution in [0.2, 0.25) is 0 Å². The molecule has 1 aliphatic heterocycles. The number of fused-ring (bicyclic) bond motifs is 1. The van der Waals surface area contributed by atoms with Crippen molar-refractivity contribution in [3.05, 3.63) is 59.5 Å². The van der Waals surface area contributed by atoms with Crippen molar-refractivity contribution in [2.24, 2.45) is 5.92 Å². The van der Waals surface area contributed by atoms with Crippen LogP contribution in [0, 0.1) is 17.2 Å². The van der Waals surface area contributed by atoms with Crippen LogP contribution in [0.25, 0.3) is 22.4 Å². The smallest absolute Gasteiger partial charge is 0.254 e. The van der Waals surface area contributed by atoms with E-state index >= 15 is 0 Å². The van der Waals surface area contributed by atoms with Gasteiger partial charge in [-0.3, -0.25) is 9.48 Å². The molecule has 3 aromatic rings. The van der Waals surface area contributed by atoms with Crippen molar-refractivity contribution in [3.8, 4) is 28.5 Å². The van der Waals surface area contributed by atoms with Crippen LogP contribution >= 0.6 is 0 Å². The second-order valence-electron chi connectivity index (χ2n) is 9.34. The number of carbonyl (C=O) groups is 1. The lowest BCUT2D eigenvalue weighted by Gasteiger charge is -2.13. The Kier molecular flexibility index (Phi) is 4.57. The first kappa shape index (κ1) is 19.2. The largest absolute Gasteiger partial charge is 0.331 e. The predicted octanol–water partition coefficient (Wildman–Crippen LogP) is 4.79. The number of nitrogens with zero attached hydrogens (tertiary/aromatic N) is 5. The summed E-state index contributed by atoms with van der Waals surface area (Å²) in [6.07, 6.45) is 11.4. The zero-order valence-corrected chi connectivity index (χ0v) is 18.0. The highest BCUT2D eigenvalue weighted by atomic mass is 16.2. The summed E-state index contributed by atoms with van der Waals surface area (Å²) >= 11 is 0. The lowest BCUT2D eigenvalue weighted by Crippen LogP contribution is -2.25. The van der Waals surface area contributed by atoms with Gasteiger partial charge < -0.3 is 4.90 Å². The topological polar surface area (TPSA) is 74.8 Å². The molecule has 0 radical (unpaired) electrons. The van der Waals surface area contributed by atoms with Crippen LogP contribution in [0.15, 0.2) is 42.7 Å². The van der Waals surface area contributed by atoms with Crippen LogP contribution in [0.4, 0.5) is 0 Å². The molecule has 3 heterocycles. The fraction of sp³-hybridized carbons (Fsp3) is 0.385. The monoisotopic (exact) mass is 423 g/mol. The number of nitriles is 1. The molecule has 0 atom stereocenters. The van der Waals surface area contributed by atoms with Gasteiger partial charge in [-0.1, -0.05) is 25.0 Å². The SMILES string of the molecule is N#Cc1ccc(-c2cnn(CC3CCCC3)c2)c(-c2ccc3c(c2)C(=O)N(C2CC2)C3)n1. The summed E-state index contributed by atoms with van der Waals surface area (Å²) in [5, 5.41) is 14.0. The van der Waals surface area contributed by atoms with Crippen LogP contribution in [0.3, 0.4) is 0 Å². The summed E-state index contributed by atoms with van der Waals surface area (Å²) in [6, 6.07) is 12.3. The van der Waals surface area contributed by atoms with Gasteiger partial charge in [0.15, 0.2) is 0 Å². The first-order chi connectivity index (χ1) is 15.7. The number of hydrogen-bond acceptors (Lipinski definition) is 4. The average Bonchev–Trinajstić information content (AvgIpc) is 3.19. The minimum atomic E-state index is 0.117. The lowest BCUT2D eigenvalue weighted by molar-refractivity contribution is 0.0766. The number of aromatic nitrogens is 3. The Morgan fingerprint density at radius 3 is 2.66 bits per heavy atom. The van der Waals surface area contributed by atoms with Gasteiger partial charge in [0, 0.05) is 47.6 Å². The number of rotatable bonds is 5. The molecule has 0 saturated heterocycles. The molecule has 32 heavy (non-hydrogen) atoms. The van der Waals surface area contributed by atoms with E-state index in [0.29, 0.717) is 24.2 Å². The summed E-state index contributed by atoms with van der Waals surface area (Å²) in [6.45, 7) is 1.65.